The third-order valence-electron chi connectivity index (χ3n) is 3.84. The maximum absolute atomic E-state index is 12.5. The second kappa shape index (κ2) is 9.16. The van der Waals surface area contributed by atoms with Crippen molar-refractivity contribution >= 4 is 27.9 Å². The molecular weight excluding hydrogens is 386 g/mol. The average Bonchev–Trinajstić information content (AvgIpc) is 2.60. The number of rotatable bonds is 6. The largest absolute Gasteiger partial charge is 0.451 e. The van der Waals surface area contributed by atoms with Crippen LogP contribution in [-0.2, 0) is 29.8 Å². The van der Waals surface area contributed by atoms with E-state index < -0.39 is 40.1 Å². The van der Waals surface area contributed by atoms with Crippen molar-refractivity contribution in [2.24, 2.45) is 0 Å². The summed E-state index contributed by atoms with van der Waals surface area (Å²) < 4.78 is 32.0. The van der Waals surface area contributed by atoms with Gasteiger partial charge in [-0.3, -0.25) is 14.9 Å². The number of benzene rings is 1. The Kier molecular flexibility index (Phi) is 7.71. The van der Waals surface area contributed by atoms with Gasteiger partial charge in [0.15, 0.2) is 6.10 Å². The Hall–Kier alpha value is -2.46. The molecule has 0 fully saturated rings. The lowest BCUT2D eigenvalue weighted by Crippen LogP contribution is -2.46. The SMILES string of the molecule is CNC(=O)NC(=O)[C@@H](C)OC(=O)[C@H](C)NS(=O)(=O)c1ccc(C(C)(C)C)cc1. The third kappa shape index (κ3) is 6.61. The highest BCUT2D eigenvalue weighted by molar-refractivity contribution is 7.89. The number of amides is 3. The predicted molar refractivity (Wildman–Crippen MR) is 103 cm³/mol. The minimum Gasteiger partial charge on any atom is -0.451 e. The van der Waals surface area contributed by atoms with E-state index in [1.54, 1.807) is 12.1 Å². The van der Waals surface area contributed by atoms with Crippen LogP contribution < -0.4 is 15.4 Å². The minimum atomic E-state index is -3.96. The van der Waals surface area contributed by atoms with Crippen LogP contribution in [0, 0.1) is 0 Å². The molecule has 3 N–H and O–H groups in total. The van der Waals surface area contributed by atoms with E-state index in [-0.39, 0.29) is 10.3 Å². The molecular formula is C18H27N3O6S. The quantitative estimate of drug-likeness (QED) is 0.597. The molecule has 9 nitrogen and oxygen atoms in total. The van der Waals surface area contributed by atoms with Crippen LogP contribution in [0.5, 0.6) is 0 Å². The van der Waals surface area contributed by atoms with E-state index in [2.05, 4.69) is 10.0 Å². The fraction of sp³-hybridized carbons (Fsp3) is 0.500. The van der Waals surface area contributed by atoms with Crippen LogP contribution >= 0.6 is 0 Å². The molecule has 1 aromatic rings. The zero-order chi connectivity index (χ0) is 21.7. The normalized spacial score (nSPS) is 13.9. The average molecular weight is 413 g/mol. The first-order chi connectivity index (χ1) is 12.8. The van der Waals surface area contributed by atoms with Gasteiger partial charge in [-0.25, -0.2) is 13.2 Å². The number of sulfonamides is 1. The highest BCUT2D eigenvalue weighted by Gasteiger charge is 2.27. The number of esters is 1. The number of hydrogen-bond donors (Lipinski definition) is 3. The smallest absolute Gasteiger partial charge is 0.324 e. The van der Waals surface area contributed by atoms with E-state index in [9.17, 15) is 22.8 Å². The summed E-state index contributed by atoms with van der Waals surface area (Å²) in [6.45, 7) is 8.59. The zero-order valence-corrected chi connectivity index (χ0v) is 17.6. The van der Waals surface area contributed by atoms with Crippen LogP contribution in [0.3, 0.4) is 0 Å². The van der Waals surface area contributed by atoms with Gasteiger partial charge < -0.3 is 10.1 Å². The maximum Gasteiger partial charge on any atom is 0.324 e. The molecule has 10 heteroatoms. The molecule has 1 rings (SSSR count). The lowest BCUT2D eigenvalue weighted by Gasteiger charge is -2.20. The Morgan fingerprint density at radius 3 is 2.04 bits per heavy atom. The van der Waals surface area contributed by atoms with Gasteiger partial charge in [0.25, 0.3) is 5.91 Å². The number of carbonyl (C=O) groups is 3. The fourth-order valence-corrected chi connectivity index (χ4v) is 3.28. The predicted octanol–water partition coefficient (Wildman–Crippen LogP) is 1.04. The van der Waals surface area contributed by atoms with Crippen LogP contribution in [0.2, 0.25) is 0 Å². The Bertz CT molecular complexity index is 828. The maximum atomic E-state index is 12.5. The third-order valence-corrected chi connectivity index (χ3v) is 5.40. The van der Waals surface area contributed by atoms with Gasteiger partial charge in [-0.1, -0.05) is 32.9 Å². The van der Waals surface area contributed by atoms with Crippen LogP contribution in [0.25, 0.3) is 0 Å². The van der Waals surface area contributed by atoms with Gasteiger partial charge >= 0.3 is 12.0 Å². The standard InChI is InChI=1S/C18H27N3O6S/c1-11(16(23)27-12(2)15(22)20-17(24)19-6)21-28(25,26)14-9-7-13(8-10-14)18(3,4)5/h7-12,21H,1-6H3,(H2,19,20,22,24)/t11-,12+/m0/s1. The molecule has 0 heterocycles. The summed E-state index contributed by atoms with van der Waals surface area (Å²) >= 11 is 0. The monoisotopic (exact) mass is 413 g/mol. The van der Waals surface area contributed by atoms with Crippen molar-refractivity contribution < 1.29 is 27.5 Å². The number of imide groups is 1. The van der Waals surface area contributed by atoms with Gasteiger partial charge in [0.05, 0.1) is 4.90 Å². The topological polar surface area (TPSA) is 131 Å². The van der Waals surface area contributed by atoms with Crippen LogP contribution in [0.1, 0.15) is 40.2 Å². The minimum absolute atomic E-state index is 0.00515. The Labute approximate surface area is 165 Å². The van der Waals surface area contributed by atoms with Gasteiger partial charge in [0.2, 0.25) is 10.0 Å². The molecule has 0 spiro atoms. The number of ether oxygens (including phenoxy) is 1. The van der Waals surface area contributed by atoms with E-state index in [0.29, 0.717) is 0 Å². The summed E-state index contributed by atoms with van der Waals surface area (Å²) in [6.07, 6.45) is -1.28. The summed E-state index contributed by atoms with van der Waals surface area (Å²) in [5.74, 6) is -1.78. The molecule has 3 amide bonds. The van der Waals surface area contributed by atoms with Crippen LogP contribution in [-0.4, -0.2) is 45.5 Å². The molecule has 0 aromatic heterocycles. The lowest BCUT2D eigenvalue weighted by atomic mass is 9.87. The fourth-order valence-electron chi connectivity index (χ4n) is 2.09. The van der Waals surface area contributed by atoms with Crippen molar-refractivity contribution in [3.8, 4) is 0 Å². The highest BCUT2D eigenvalue weighted by Crippen LogP contribution is 2.23. The van der Waals surface area contributed by atoms with E-state index in [4.69, 9.17) is 4.74 Å². The Morgan fingerprint density at radius 1 is 1.04 bits per heavy atom. The Balaban J connectivity index is 2.76. The molecule has 28 heavy (non-hydrogen) atoms. The Morgan fingerprint density at radius 2 is 1.57 bits per heavy atom. The lowest BCUT2D eigenvalue weighted by molar-refractivity contribution is -0.155. The molecule has 0 unspecified atom stereocenters. The van der Waals surface area contributed by atoms with Gasteiger partial charge in [-0.05, 0) is 37.0 Å². The van der Waals surface area contributed by atoms with Crippen molar-refractivity contribution in [1.82, 2.24) is 15.4 Å². The van der Waals surface area contributed by atoms with Crippen molar-refractivity contribution in [3.63, 3.8) is 0 Å². The number of hydrogen-bond acceptors (Lipinski definition) is 6. The van der Waals surface area contributed by atoms with E-state index in [1.165, 1.54) is 33.0 Å². The summed E-state index contributed by atoms with van der Waals surface area (Å²) in [7, 11) is -2.64. The summed E-state index contributed by atoms with van der Waals surface area (Å²) in [6, 6.07) is 4.36. The second-order valence-corrected chi connectivity index (χ2v) is 8.98. The van der Waals surface area contributed by atoms with E-state index in [0.717, 1.165) is 5.56 Å². The van der Waals surface area contributed by atoms with Crippen LogP contribution in [0.4, 0.5) is 4.79 Å². The first-order valence-electron chi connectivity index (χ1n) is 8.64. The summed E-state index contributed by atoms with van der Waals surface area (Å²) in [4.78, 5) is 34.9. The molecule has 156 valence electrons. The molecule has 1 aromatic carbocycles. The number of carbonyl (C=O) groups excluding carboxylic acids is 3. The first kappa shape index (κ1) is 23.6. The molecule has 0 radical (unpaired) electrons. The van der Waals surface area contributed by atoms with Gasteiger partial charge in [-0.15, -0.1) is 0 Å². The second-order valence-electron chi connectivity index (χ2n) is 7.26. The first-order valence-corrected chi connectivity index (χ1v) is 10.1. The van der Waals surface area contributed by atoms with Crippen LogP contribution in [0.15, 0.2) is 29.2 Å². The van der Waals surface area contributed by atoms with Gasteiger partial charge in [0.1, 0.15) is 6.04 Å². The van der Waals surface area contributed by atoms with Crippen molar-refractivity contribution in [2.45, 2.75) is 57.1 Å². The van der Waals surface area contributed by atoms with E-state index in [1.807, 2.05) is 26.1 Å². The molecule has 0 aliphatic carbocycles. The molecule has 0 bridgehead atoms. The summed E-state index contributed by atoms with van der Waals surface area (Å²) in [5.41, 5.74) is 0.841. The number of nitrogens with one attached hydrogen (secondary N) is 3. The molecule has 0 aliphatic rings. The van der Waals surface area contributed by atoms with Crippen molar-refractivity contribution in [3.05, 3.63) is 29.8 Å². The molecule has 2 atom stereocenters. The zero-order valence-electron chi connectivity index (χ0n) is 16.8. The van der Waals surface area contributed by atoms with Gasteiger partial charge in [0, 0.05) is 7.05 Å². The van der Waals surface area contributed by atoms with Gasteiger partial charge in [-0.2, -0.15) is 4.72 Å². The molecule has 0 aliphatic heterocycles. The van der Waals surface area contributed by atoms with Crippen molar-refractivity contribution in [2.75, 3.05) is 7.05 Å². The summed E-state index contributed by atoms with van der Waals surface area (Å²) in [5, 5.41) is 4.15. The number of urea groups is 1. The highest BCUT2D eigenvalue weighted by atomic mass is 32.2. The molecule has 0 saturated heterocycles. The van der Waals surface area contributed by atoms with Crippen molar-refractivity contribution in [1.29, 1.82) is 0 Å². The van der Waals surface area contributed by atoms with E-state index >= 15 is 0 Å². The molecule has 0 saturated carbocycles.